The van der Waals surface area contributed by atoms with Crippen molar-refractivity contribution in [3.8, 4) is 11.4 Å². The lowest BCUT2D eigenvalue weighted by Gasteiger charge is -2.36. The first-order valence-electron chi connectivity index (χ1n) is 11.1. The molecule has 4 aromatic rings. The zero-order valence-electron chi connectivity index (χ0n) is 18.8. The van der Waals surface area contributed by atoms with Crippen LogP contribution in [0.3, 0.4) is 0 Å². The third-order valence-corrected chi connectivity index (χ3v) is 6.46. The van der Waals surface area contributed by atoms with Crippen molar-refractivity contribution in [1.29, 1.82) is 0 Å². The molecule has 1 amide bonds. The fourth-order valence-electron chi connectivity index (χ4n) is 4.42. The van der Waals surface area contributed by atoms with E-state index in [0.29, 0.717) is 59.0 Å². The molecule has 6 nitrogen and oxygen atoms in total. The van der Waals surface area contributed by atoms with Gasteiger partial charge >= 0.3 is 0 Å². The SMILES string of the molecule is COc1cccc(-n2cc(C(=O)N3CCN(c4cccc(Cl)c4)CC3)c3ccccc3c2=O)c1. The van der Waals surface area contributed by atoms with Crippen LogP contribution in [-0.2, 0) is 0 Å². The first-order chi connectivity index (χ1) is 16.5. The molecule has 1 fully saturated rings. The van der Waals surface area contributed by atoms with Gasteiger partial charge in [-0.25, -0.2) is 0 Å². The molecule has 0 bridgehead atoms. The largest absolute Gasteiger partial charge is 0.497 e. The number of carbonyl (C=O) groups is 1. The highest BCUT2D eigenvalue weighted by Crippen LogP contribution is 2.24. The van der Waals surface area contributed by atoms with Gasteiger partial charge in [0, 0.05) is 59.9 Å². The number of amides is 1. The molecule has 0 N–H and O–H groups in total. The minimum absolute atomic E-state index is 0.0846. The van der Waals surface area contributed by atoms with E-state index in [4.69, 9.17) is 16.3 Å². The molecule has 5 rings (SSSR count). The fraction of sp³-hybridized carbons (Fsp3) is 0.185. The third kappa shape index (κ3) is 4.13. The van der Waals surface area contributed by atoms with Crippen LogP contribution < -0.4 is 15.2 Å². The number of rotatable bonds is 4. The van der Waals surface area contributed by atoms with Gasteiger partial charge in [0.05, 0.1) is 18.4 Å². The van der Waals surface area contributed by atoms with Crippen LogP contribution >= 0.6 is 11.6 Å². The number of anilines is 1. The van der Waals surface area contributed by atoms with Gasteiger partial charge in [0.25, 0.3) is 11.5 Å². The van der Waals surface area contributed by atoms with Crippen LogP contribution in [0.5, 0.6) is 5.75 Å². The normalized spacial score (nSPS) is 13.8. The molecular formula is C27H24ClN3O3. The van der Waals surface area contributed by atoms with Crippen LogP contribution in [-0.4, -0.2) is 48.7 Å². The summed E-state index contributed by atoms with van der Waals surface area (Å²) in [7, 11) is 1.58. The standard InChI is InChI=1S/C27H24ClN3O3/c1-34-22-9-5-8-21(17-22)31-18-25(23-10-2-3-11-24(23)27(31)33)26(32)30-14-12-29(13-15-30)20-7-4-6-19(28)16-20/h2-11,16-18H,12-15H2,1H3. The third-order valence-electron chi connectivity index (χ3n) is 6.23. The Morgan fingerprint density at radius 2 is 1.56 bits per heavy atom. The maximum atomic E-state index is 13.7. The van der Waals surface area contributed by atoms with Crippen molar-refractivity contribution in [1.82, 2.24) is 9.47 Å². The molecule has 34 heavy (non-hydrogen) atoms. The monoisotopic (exact) mass is 473 g/mol. The van der Waals surface area contributed by atoms with Gasteiger partial charge in [-0.05, 0) is 36.4 Å². The maximum absolute atomic E-state index is 13.7. The van der Waals surface area contributed by atoms with E-state index in [9.17, 15) is 9.59 Å². The summed E-state index contributed by atoms with van der Waals surface area (Å²) in [5, 5.41) is 1.87. The summed E-state index contributed by atoms with van der Waals surface area (Å²) >= 11 is 6.15. The number of hydrogen-bond donors (Lipinski definition) is 0. The Balaban J connectivity index is 1.49. The van der Waals surface area contributed by atoms with Crippen LogP contribution in [0, 0.1) is 0 Å². The van der Waals surface area contributed by atoms with E-state index < -0.39 is 0 Å². The molecule has 2 heterocycles. The Labute approximate surface area is 202 Å². The number of ether oxygens (including phenoxy) is 1. The highest BCUT2D eigenvalue weighted by molar-refractivity contribution is 6.30. The lowest BCUT2D eigenvalue weighted by atomic mass is 10.1. The molecule has 0 saturated carbocycles. The molecule has 0 spiro atoms. The van der Waals surface area contributed by atoms with Crippen molar-refractivity contribution in [3.63, 3.8) is 0 Å². The van der Waals surface area contributed by atoms with Crippen LogP contribution in [0.25, 0.3) is 16.5 Å². The van der Waals surface area contributed by atoms with Gasteiger partial charge < -0.3 is 14.5 Å². The van der Waals surface area contributed by atoms with E-state index in [1.807, 2.05) is 65.6 Å². The van der Waals surface area contributed by atoms with Crippen molar-refractivity contribution >= 4 is 34.0 Å². The van der Waals surface area contributed by atoms with Crippen molar-refractivity contribution in [2.24, 2.45) is 0 Å². The summed E-state index contributed by atoms with van der Waals surface area (Å²) in [5.74, 6) is 0.557. The lowest BCUT2D eigenvalue weighted by Crippen LogP contribution is -2.49. The van der Waals surface area contributed by atoms with Crippen molar-refractivity contribution in [3.05, 3.63) is 99.9 Å². The second-order valence-electron chi connectivity index (χ2n) is 8.22. The minimum atomic E-state index is -0.175. The van der Waals surface area contributed by atoms with Gasteiger partial charge in [0.1, 0.15) is 5.75 Å². The average Bonchev–Trinajstić information content (AvgIpc) is 2.89. The Hall–Kier alpha value is -3.77. The molecule has 7 heteroatoms. The molecule has 1 aromatic heterocycles. The van der Waals surface area contributed by atoms with Gasteiger partial charge in [-0.1, -0.05) is 41.9 Å². The zero-order chi connectivity index (χ0) is 23.7. The molecule has 0 unspecified atom stereocenters. The average molecular weight is 474 g/mol. The van der Waals surface area contributed by atoms with E-state index in [1.165, 1.54) is 4.57 Å². The van der Waals surface area contributed by atoms with Gasteiger partial charge in [0.2, 0.25) is 0 Å². The zero-order valence-corrected chi connectivity index (χ0v) is 19.5. The van der Waals surface area contributed by atoms with Crippen molar-refractivity contribution < 1.29 is 9.53 Å². The summed E-state index contributed by atoms with van der Waals surface area (Å²) < 4.78 is 6.86. The Morgan fingerprint density at radius 3 is 2.29 bits per heavy atom. The maximum Gasteiger partial charge on any atom is 0.262 e. The number of nitrogens with zero attached hydrogens (tertiary/aromatic N) is 3. The van der Waals surface area contributed by atoms with Crippen LogP contribution in [0.1, 0.15) is 10.4 Å². The predicted octanol–water partition coefficient (Wildman–Crippen LogP) is 4.62. The number of piperazine rings is 1. The quantitative estimate of drug-likeness (QED) is 0.434. The highest BCUT2D eigenvalue weighted by atomic mass is 35.5. The van der Waals surface area contributed by atoms with E-state index >= 15 is 0 Å². The van der Waals surface area contributed by atoms with E-state index in [0.717, 1.165) is 5.69 Å². The van der Waals surface area contributed by atoms with Crippen LogP contribution in [0.15, 0.2) is 83.8 Å². The van der Waals surface area contributed by atoms with E-state index in [2.05, 4.69) is 4.90 Å². The second kappa shape index (κ2) is 9.23. The van der Waals surface area contributed by atoms with Gasteiger partial charge in [-0.2, -0.15) is 0 Å². The predicted molar refractivity (Wildman–Crippen MR) is 136 cm³/mol. The Kier molecular flexibility index (Phi) is 5.99. The van der Waals surface area contributed by atoms with E-state index in [1.54, 1.807) is 25.4 Å². The summed E-state index contributed by atoms with van der Waals surface area (Å²) in [6, 6.07) is 22.3. The number of hydrogen-bond acceptors (Lipinski definition) is 4. The van der Waals surface area contributed by atoms with Crippen molar-refractivity contribution in [2.45, 2.75) is 0 Å². The first-order valence-corrected chi connectivity index (χ1v) is 11.5. The second-order valence-corrected chi connectivity index (χ2v) is 8.66. The van der Waals surface area contributed by atoms with Gasteiger partial charge in [-0.3, -0.25) is 14.2 Å². The topological polar surface area (TPSA) is 54.8 Å². The number of pyridine rings is 1. The van der Waals surface area contributed by atoms with Gasteiger partial charge in [-0.15, -0.1) is 0 Å². The van der Waals surface area contributed by atoms with Crippen LogP contribution in [0.4, 0.5) is 5.69 Å². The summed E-state index contributed by atoms with van der Waals surface area (Å²) in [5.41, 5.74) is 2.03. The molecule has 1 saturated heterocycles. The number of benzene rings is 3. The summed E-state index contributed by atoms with van der Waals surface area (Å²) in [4.78, 5) is 31.0. The van der Waals surface area contributed by atoms with Crippen molar-refractivity contribution in [2.75, 3.05) is 38.2 Å². The molecule has 0 atom stereocenters. The summed E-state index contributed by atoms with van der Waals surface area (Å²) in [6.07, 6.45) is 1.66. The van der Waals surface area contributed by atoms with Crippen LogP contribution in [0.2, 0.25) is 5.02 Å². The first kappa shape index (κ1) is 22.0. The molecule has 3 aromatic carbocycles. The molecule has 0 radical (unpaired) electrons. The Morgan fingerprint density at radius 1 is 0.853 bits per heavy atom. The number of carbonyl (C=O) groups excluding carboxylic acids is 1. The number of aromatic nitrogens is 1. The van der Waals surface area contributed by atoms with Gasteiger partial charge in [0.15, 0.2) is 0 Å². The smallest absolute Gasteiger partial charge is 0.262 e. The summed E-state index contributed by atoms with van der Waals surface area (Å²) in [6.45, 7) is 2.58. The molecule has 1 aliphatic rings. The van der Waals surface area contributed by atoms with E-state index in [-0.39, 0.29) is 11.5 Å². The number of methoxy groups -OCH3 is 1. The molecule has 172 valence electrons. The number of halogens is 1. The highest BCUT2D eigenvalue weighted by Gasteiger charge is 2.25. The number of fused-ring (bicyclic) bond motifs is 1. The molecule has 0 aliphatic carbocycles. The molecular weight excluding hydrogens is 450 g/mol. The lowest BCUT2D eigenvalue weighted by molar-refractivity contribution is 0.0748. The minimum Gasteiger partial charge on any atom is -0.497 e. The molecule has 1 aliphatic heterocycles. The Bertz CT molecular complexity index is 1420. The fourth-order valence-corrected chi connectivity index (χ4v) is 4.61.